The zero-order valence-electron chi connectivity index (χ0n) is 20.4. The molecule has 0 unspecified atom stereocenters. The molecule has 1 saturated carbocycles. The van der Waals surface area contributed by atoms with Crippen molar-refractivity contribution in [1.82, 2.24) is 10.6 Å². The third-order valence-electron chi connectivity index (χ3n) is 7.15. The van der Waals surface area contributed by atoms with Gasteiger partial charge in [-0.3, -0.25) is 9.59 Å². The molecule has 0 aromatic heterocycles. The molecule has 0 spiro atoms. The summed E-state index contributed by atoms with van der Waals surface area (Å²) in [4.78, 5) is 36.3. The van der Waals surface area contributed by atoms with E-state index in [4.69, 9.17) is 4.74 Å². The molecular formula is C28H34N2O5. The van der Waals surface area contributed by atoms with Crippen LogP contribution in [0.4, 0.5) is 4.79 Å². The highest BCUT2D eigenvalue weighted by Gasteiger charge is 2.31. The quantitative estimate of drug-likeness (QED) is 0.503. The number of ether oxygens (including phenoxy) is 1. The van der Waals surface area contributed by atoms with Crippen LogP contribution in [0.25, 0.3) is 11.1 Å². The lowest BCUT2D eigenvalue weighted by Crippen LogP contribution is -2.45. The maximum absolute atomic E-state index is 12.6. The molecule has 7 heteroatoms. The summed E-state index contributed by atoms with van der Waals surface area (Å²) in [6.45, 7) is 3.97. The van der Waals surface area contributed by atoms with Gasteiger partial charge in [-0.2, -0.15) is 0 Å². The van der Waals surface area contributed by atoms with Crippen LogP contribution in [0.1, 0.15) is 69.4 Å². The van der Waals surface area contributed by atoms with Crippen LogP contribution in [0.5, 0.6) is 0 Å². The number of benzene rings is 2. The van der Waals surface area contributed by atoms with Crippen LogP contribution in [0.3, 0.4) is 0 Å². The zero-order chi connectivity index (χ0) is 25.0. The minimum atomic E-state index is -0.794. The van der Waals surface area contributed by atoms with E-state index in [1.807, 2.05) is 38.1 Å². The smallest absolute Gasteiger partial charge is 0.407 e. The highest BCUT2D eigenvalue weighted by Crippen LogP contribution is 2.44. The van der Waals surface area contributed by atoms with Crippen LogP contribution in [0.15, 0.2) is 48.5 Å². The number of hydrogen-bond acceptors (Lipinski definition) is 4. The second-order valence-corrected chi connectivity index (χ2v) is 10.3. The van der Waals surface area contributed by atoms with E-state index < -0.39 is 17.6 Å². The van der Waals surface area contributed by atoms with E-state index in [0.717, 1.165) is 24.0 Å². The van der Waals surface area contributed by atoms with Gasteiger partial charge in [0.05, 0.1) is 5.92 Å². The summed E-state index contributed by atoms with van der Waals surface area (Å²) in [5.74, 6) is -1.31. The van der Waals surface area contributed by atoms with Gasteiger partial charge < -0.3 is 20.5 Å². The highest BCUT2D eigenvalue weighted by molar-refractivity contribution is 5.79. The minimum Gasteiger partial charge on any atom is -0.481 e. The van der Waals surface area contributed by atoms with Gasteiger partial charge in [-0.15, -0.1) is 0 Å². The second kappa shape index (κ2) is 10.5. The van der Waals surface area contributed by atoms with Crippen LogP contribution in [0, 0.1) is 5.92 Å². The Labute approximate surface area is 206 Å². The maximum Gasteiger partial charge on any atom is 0.407 e. The summed E-state index contributed by atoms with van der Waals surface area (Å²) >= 11 is 0. The third-order valence-corrected chi connectivity index (χ3v) is 7.15. The first-order valence-electron chi connectivity index (χ1n) is 12.4. The first-order chi connectivity index (χ1) is 16.7. The molecule has 2 aliphatic carbocycles. The third kappa shape index (κ3) is 6.02. The predicted octanol–water partition coefficient (Wildman–Crippen LogP) is 4.84. The Balaban J connectivity index is 1.25. The van der Waals surface area contributed by atoms with Crippen molar-refractivity contribution < 1.29 is 24.2 Å². The number of amides is 2. The molecule has 0 bridgehead atoms. The van der Waals surface area contributed by atoms with Crippen molar-refractivity contribution >= 4 is 18.0 Å². The maximum atomic E-state index is 12.6. The predicted molar refractivity (Wildman–Crippen MR) is 133 cm³/mol. The van der Waals surface area contributed by atoms with E-state index in [0.29, 0.717) is 19.3 Å². The molecule has 1 fully saturated rings. The van der Waals surface area contributed by atoms with Crippen molar-refractivity contribution in [2.45, 2.75) is 69.9 Å². The van der Waals surface area contributed by atoms with E-state index in [1.54, 1.807) is 0 Å². The normalized spacial score (nSPS) is 19.4. The summed E-state index contributed by atoms with van der Waals surface area (Å²) in [5, 5.41) is 15.1. The molecule has 0 radical (unpaired) electrons. The lowest BCUT2D eigenvalue weighted by molar-refractivity contribution is -0.143. The molecule has 2 aromatic rings. The highest BCUT2D eigenvalue weighted by atomic mass is 16.5. The lowest BCUT2D eigenvalue weighted by atomic mass is 9.85. The fourth-order valence-corrected chi connectivity index (χ4v) is 5.24. The van der Waals surface area contributed by atoms with Gasteiger partial charge in [0, 0.05) is 23.9 Å². The fraction of sp³-hybridized carbons (Fsp3) is 0.464. The number of aliphatic carboxylic acids is 1. The van der Waals surface area contributed by atoms with Crippen molar-refractivity contribution in [2.75, 3.05) is 6.61 Å². The van der Waals surface area contributed by atoms with Crippen LogP contribution in [-0.2, 0) is 14.3 Å². The first kappa shape index (κ1) is 24.8. The van der Waals surface area contributed by atoms with Crippen LogP contribution < -0.4 is 10.6 Å². The molecule has 2 amide bonds. The molecular weight excluding hydrogens is 444 g/mol. The van der Waals surface area contributed by atoms with Crippen LogP contribution in [0.2, 0.25) is 0 Å². The fourth-order valence-electron chi connectivity index (χ4n) is 5.24. The van der Waals surface area contributed by atoms with Gasteiger partial charge in [0.1, 0.15) is 6.61 Å². The van der Waals surface area contributed by atoms with Crippen molar-refractivity contribution in [3.05, 3.63) is 59.7 Å². The monoisotopic (exact) mass is 478 g/mol. The molecule has 0 aliphatic heterocycles. The topological polar surface area (TPSA) is 105 Å². The number of carboxylic acid groups (broad SMARTS) is 1. The molecule has 2 aromatic carbocycles. The largest absolute Gasteiger partial charge is 0.481 e. The molecule has 2 atom stereocenters. The molecule has 3 N–H and O–H groups in total. The standard InChI is InChI=1S/C28H34N2O5/c1-28(2,15-14-25(31)29-19-9-7-8-18(16-19)26(32)33)30-27(34)35-17-24-22-12-5-3-10-20(22)21-11-4-6-13-23(21)24/h3-6,10-13,18-19,24H,7-9,14-17H2,1-2H3,(H,29,31)(H,30,34)(H,32,33)/t18-,19-/m1/s1. The molecule has 4 rings (SSSR count). The van der Waals surface area contributed by atoms with Gasteiger partial charge in [-0.25, -0.2) is 4.79 Å². The van der Waals surface area contributed by atoms with Crippen molar-refractivity contribution in [3.8, 4) is 11.1 Å². The van der Waals surface area contributed by atoms with E-state index in [1.165, 1.54) is 11.1 Å². The molecule has 2 aliphatic rings. The Bertz CT molecular complexity index is 1050. The van der Waals surface area contributed by atoms with E-state index in [2.05, 4.69) is 34.9 Å². The second-order valence-electron chi connectivity index (χ2n) is 10.3. The summed E-state index contributed by atoms with van der Waals surface area (Å²) in [6.07, 6.45) is 2.92. The summed E-state index contributed by atoms with van der Waals surface area (Å²) < 4.78 is 5.63. The van der Waals surface area contributed by atoms with E-state index in [-0.39, 0.29) is 36.8 Å². The number of fused-ring (bicyclic) bond motifs is 3. The molecule has 0 heterocycles. The Hall–Kier alpha value is -3.35. The number of hydrogen-bond donors (Lipinski definition) is 3. The number of carbonyl (C=O) groups is 3. The van der Waals surface area contributed by atoms with Crippen LogP contribution in [-0.4, -0.2) is 41.3 Å². The molecule has 186 valence electrons. The van der Waals surface area contributed by atoms with Gasteiger partial charge in [0.15, 0.2) is 0 Å². The van der Waals surface area contributed by atoms with Gasteiger partial charge >= 0.3 is 12.1 Å². The minimum absolute atomic E-state index is 0.00726. The number of rotatable bonds is 8. The summed E-state index contributed by atoms with van der Waals surface area (Å²) in [7, 11) is 0. The molecule has 0 saturated heterocycles. The van der Waals surface area contributed by atoms with Gasteiger partial charge in [-0.1, -0.05) is 55.0 Å². The van der Waals surface area contributed by atoms with Crippen molar-refractivity contribution in [3.63, 3.8) is 0 Å². The average Bonchev–Trinajstić information content (AvgIpc) is 3.15. The van der Waals surface area contributed by atoms with Crippen molar-refractivity contribution in [2.24, 2.45) is 5.92 Å². The molecule has 7 nitrogen and oxygen atoms in total. The number of carboxylic acids is 1. The number of alkyl carbamates (subject to hydrolysis) is 1. The summed E-state index contributed by atoms with van der Waals surface area (Å²) in [5.41, 5.74) is 4.04. The van der Waals surface area contributed by atoms with E-state index in [9.17, 15) is 19.5 Å². The van der Waals surface area contributed by atoms with Gasteiger partial charge in [0.2, 0.25) is 5.91 Å². The average molecular weight is 479 g/mol. The van der Waals surface area contributed by atoms with Gasteiger partial charge in [0.25, 0.3) is 0 Å². The SMILES string of the molecule is CC(C)(CCC(=O)N[C@@H]1CCC[C@@H](C(=O)O)C1)NC(=O)OCC1c2ccccc2-c2ccccc21. The Morgan fingerprint density at radius 2 is 1.63 bits per heavy atom. The van der Waals surface area contributed by atoms with Crippen LogP contribution >= 0.6 is 0 Å². The summed E-state index contributed by atoms with van der Waals surface area (Å²) in [6, 6.07) is 16.3. The Kier molecular flexibility index (Phi) is 7.43. The van der Waals surface area contributed by atoms with Gasteiger partial charge in [-0.05, 0) is 61.8 Å². The van der Waals surface area contributed by atoms with Crippen molar-refractivity contribution in [1.29, 1.82) is 0 Å². The zero-order valence-corrected chi connectivity index (χ0v) is 20.4. The number of carbonyl (C=O) groups excluding carboxylic acids is 2. The first-order valence-corrected chi connectivity index (χ1v) is 12.4. The Morgan fingerprint density at radius 3 is 2.26 bits per heavy atom. The Morgan fingerprint density at radius 1 is 1.00 bits per heavy atom. The lowest BCUT2D eigenvalue weighted by Gasteiger charge is -2.29. The number of nitrogens with one attached hydrogen (secondary N) is 2. The van der Waals surface area contributed by atoms with E-state index >= 15 is 0 Å². The molecule has 35 heavy (non-hydrogen) atoms.